The van der Waals surface area contributed by atoms with E-state index in [0.29, 0.717) is 0 Å². The SMILES string of the molecule is CC(C)OC(OCCCl)(OC(C)C)P(=O)(O)O. The highest BCUT2D eigenvalue weighted by Crippen LogP contribution is 2.53. The van der Waals surface area contributed by atoms with Crippen molar-refractivity contribution in [2.45, 2.75) is 45.6 Å². The second-order valence-corrected chi connectivity index (χ2v) is 5.95. The maximum atomic E-state index is 11.5. The van der Waals surface area contributed by atoms with E-state index in [2.05, 4.69) is 0 Å². The number of hydrogen-bond acceptors (Lipinski definition) is 4. The summed E-state index contributed by atoms with van der Waals surface area (Å²) in [6.07, 6.45) is -0.951. The Hall–Kier alpha value is 0.320. The normalized spacial score (nSPS) is 13.7. The van der Waals surface area contributed by atoms with E-state index in [9.17, 15) is 14.4 Å². The molecular weight excluding hydrogens is 271 g/mol. The molecule has 0 rings (SSSR count). The van der Waals surface area contributed by atoms with Crippen molar-refractivity contribution < 1.29 is 28.6 Å². The lowest BCUT2D eigenvalue weighted by atomic mass is 10.5. The second-order valence-electron chi connectivity index (χ2n) is 3.94. The quantitative estimate of drug-likeness (QED) is 0.403. The highest BCUT2D eigenvalue weighted by atomic mass is 35.5. The first kappa shape index (κ1) is 17.3. The van der Waals surface area contributed by atoms with Crippen molar-refractivity contribution in [1.82, 2.24) is 0 Å². The Balaban J connectivity index is 5.13. The molecule has 104 valence electrons. The summed E-state index contributed by atoms with van der Waals surface area (Å²) >= 11 is 5.44. The molecule has 0 aromatic rings. The van der Waals surface area contributed by atoms with Crippen molar-refractivity contribution in [2.24, 2.45) is 0 Å². The molecule has 0 aliphatic carbocycles. The molecular formula is C9H20ClO6P. The summed E-state index contributed by atoms with van der Waals surface area (Å²) in [6, 6.07) is 0. The molecule has 0 radical (unpaired) electrons. The van der Waals surface area contributed by atoms with Crippen LogP contribution in [-0.4, -0.2) is 40.2 Å². The van der Waals surface area contributed by atoms with Crippen LogP contribution in [0.5, 0.6) is 0 Å². The van der Waals surface area contributed by atoms with E-state index in [-0.39, 0.29) is 12.5 Å². The lowest BCUT2D eigenvalue weighted by Crippen LogP contribution is -2.43. The number of hydrogen-bond donors (Lipinski definition) is 2. The van der Waals surface area contributed by atoms with Gasteiger partial charge in [0, 0.05) is 5.88 Å². The van der Waals surface area contributed by atoms with E-state index in [4.69, 9.17) is 25.8 Å². The minimum atomic E-state index is -4.77. The van der Waals surface area contributed by atoms with E-state index >= 15 is 0 Å². The monoisotopic (exact) mass is 290 g/mol. The largest absolute Gasteiger partial charge is 0.415 e. The van der Waals surface area contributed by atoms with Crippen LogP contribution < -0.4 is 0 Å². The van der Waals surface area contributed by atoms with E-state index in [0.717, 1.165) is 0 Å². The van der Waals surface area contributed by atoms with Gasteiger partial charge in [0.1, 0.15) is 0 Å². The van der Waals surface area contributed by atoms with Gasteiger partial charge in [0.05, 0.1) is 18.8 Å². The van der Waals surface area contributed by atoms with Crippen LogP contribution >= 0.6 is 19.2 Å². The third-order valence-electron chi connectivity index (χ3n) is 1.49. The number of rotatable bonds is 8. The molecule has 0 fully saturated rings. The highest BCUT2D eigenvalue weighted by Gasteiger charge is 2.53. The van der Waals surface area contributed by atoms with Crippen molar-refractivity contribution in [2.75, 3.05) is 12.5 Å². The van der Waals surface area contributed by atoms with Crippen LogP contribution in [0.3, 0.4) is 0 Å². The second kappa shape index (κ2) is 7.04. The summed E-state index contributed by atoms with van der Waals surface area (Å²) in [5.74, 6) is 0.0741. The molecule has 0 bridgehead atoms. The maximum absolute atomic E-state index is 11.5. The van der Waals surface area contributed by atoms with Crippen LogP contribution in [-0.2, 0) is 18.8 Å². The minimum absolute atomic E-state index is 0.0741. The van der Waals surface area contributed by atoms with Gasteiger partial charge < -0.3 is 24.0 Å². The van der Waals surface area contributed by atoms with Crippen molar-refractivity contribution in [3.8, 4) is 0 Å². The zero-order valence-corrected chi connectivity index (χ0v) is 12.1. The highest BCUT2D eigenvalue weighted by molar-refractivity contribution is 7.52. The summed E-state index contributed by atoms with van der Waals surface area (Å²) in [6.45, 7) is 6.40. The smallest absolute Gasteiger partial charge is 0.319 e. The molecule has 0 saturated heterocycles. The molecule has 0 aliphatic heterocycles. The summed E-state index contributed by atoms with van der Waals surface area (Å²) in [7, 11) is -4.77. The van der Waals surface area contributed by atoms with Gasteiger partial charge in [-0.05, 0) is 27.7 Å². The topological polar surface area (TPSA) is 85.2 Å². The molecule has 17 heavy (non-hydrogen) atoms. The van der Waals surface area contributed by atoms with Gasteiger partial charge in [-0.25, -0.2) is 0 Å². The van der Waals surface area contributed by atoms with Crippen LogP contribution in [0.15, 0.2) is 0 Å². The van der Waals surface area contributed by atoms with Gasteiger partial charge in [-0.1, -0.05) is 0 Å². The van der Waals surface area contributed by atoms with Crippen molar-refractivity contribution >= 4 is 19.2 Å². The molecule has 0 unspecified atom stereocenters. The molecule has 0 amide bonds. The fraction of sp³-hybridized carbons (Fsp3) is 1.00. The Morgan fingerprint density at radius 2 is 1.59 bits per heavy atom. The first-order valence-electron chi connectivity index (χ1n) is 5.26. The van der Waals surface area contributed by atoms with Gasteiger partial charge in [-0.2, -0.15) is 0 Å². The summed E-state index contributed by atoms with van der Waals surface area (Å²) in [5, 5.41) is 0. The molecule has 0 aromatic carbocycles. The third-order valence-corrected chi connectivity index (χ3v) is 2.70. The first-order chi connectivity index (χ1) is 7.64. The summed E-state index contributed by atoms with van der Waals surface area (Å²) in [4.78, 5) is 18.7. The van der Waals surface area contributed by atoms with Gasteiger partial charge in [0.25, 0.3) is 0 Å². The maximum Gasteiger partial charge on any atom is 0.415 e. The van der Waals surface area contributed by atoms with Crippen molar-refractivity contribution in [3.63, 3.8) is 0 Å². The predicted octanol–water partition coefficient (Wildman–Crippen LogP) is 1.88. The van der Waals surface area contributed by atoms with E-state index in [1.807, 2.05) is 0 Å². The summed E-state index contributed by atoms with van der Waals surface area (Å²) < 4.78 is 26.8. The van der Waals surface area contributed by atoms with Gasteiger partial charge in [0.2, 0.25) is 0 Å². The number of halogens is 1. The van der Waals surface area contributed by atoms with Crippen molar-refractivity contribution in [1.29, 1.82) is 0 Å². The molecule has 8 heteroatoms. The summed E-state index contributed by atoms with van der Waals surface area (Å²) in [5.41, 5.74) is -2.38. The Morgan fingerprint density at radius 3 is 1.82 bits per heavy atom. The Morgan fingerprint density at radius 1 is 1.18 bits per heavy atom. The first-order valence-corrected chi connectivity index (χ1v) is 7.40. The van der Waals surface area contributed by atoms with Gasteiger partial charge in [0.15, 0.2) is 0 Å². The number of ether oxygens (including phenoxy) is 3. The van der Waals surface area contributed by atoms with E-state index < -0.39 is 25.5 Å². The molecule has 0 aliphatic rings. The molecule has 6 nitrogen and oxygen atoms in total. The van der Waals surface area contributed by atoms with Gasteiger partial charge >= 0.3 is 13.3 Å². The van der Waals surface area contributed by atoms with Crippen LogP contribution in [0.1, 0.15) is 27.7 Å². The predicted molar refractivity (Wildman–Crippen MR) is 63.9 cm³/mol. The Kier molecular flexibility index (Phi) is 7.18. The van der Waals surface area contributed by atoms with Crippen LogP contribution in [0, 0.1) is 0 Å². The average molecular weight is 291 g/mol. The zero-order chi connectivity index (χ0) is 13.7. The fourth-order valence-corrected chi connectivity index (χ4v) is 2.11. The zero-order valence-electron chi connectivity index (χ0n) is 10.4. The molecule has 0 heterocycles. The van der Waals surface area contributed by atoms with Crippen LogP contribution in [0.25, 0.3) is 0 Å². The molecule has 0 spiro atoms. The minimum Gasteiger partial charge on any atom is -0.319 e. The van der Waals surface area contributed by atoms with E-state index in [1.165, 1.54) is 0 Å². The van der Waals surface area contributed by atoms with E-state index in [1.54, 1.807) is 27.7 Å². The molecule has 0 atom stereocenters. The standard InChI is InChI=1S/C9H20ClO6P/c1-7(2)15-9(14-6-5-10,16-8(3)4)17(11,12)13/h7-8H,5-6H2,1-4H3,(H2,11,12,13). The van der Waals surface area contributed by atoms with Crippen molar-refractivity contribution in [3.05, 3.63) is 0 Å². The van der Waals surface area contributed by atoms with Gasteiger partial charge in [-0.15, -0.1) is 11.6 Å². The third kappa shape index (κ3) is 5.66. The number of alkyl halides is 1. The molecule has 2 N–H and O–H groups in total. The van der Waals surface area contributed by atoms with Crippen LogP contribution in [0.2, 0.25) is 0 Å². The fourth-order valence-electron chi connectivity index (χ4n) is 1.08. The average Bonchev–Trinajstić information content (AvgIpc) is 2.10. The van der Waals surface area contributed by atoms with Crippen LogP contribution in [0.4, 0.5) is 0 Å². The molecule has 0 aromatic heterocycles. The lowest BCUT2D eigenvalue weighted by Gasteiger charge is -2.35. The Labute approximate surface area is 106 Å². The van der Waals surface area contributed by atoms with Gasteiger partial charge in [-0.3, -0.25) is 4.57 Å². The lowest BCUT2D eigenvalue weighted by molar-refractivity contribution is -0.353. The molecule has 0 saturated carbocycles. The Bertz CT molecular complexity index is 254.